The molecule has 0 fully saturated rings. The third-order valence-corrected chi connectivity index (χ3v) is 4.54. The number of ketones is 1. The quantitative estimate of drug-likeness (QED) is 0.344. The Balaban J connectivity index is 2.85. The van der Waals surface area contributed by atoms with E-state index in [1.54, 1.807) is 32.9 Å². The second kappa shape index (κ2) is 9.69. The van der Waals surface area contributed by atoms with Crippen molar-refractivity contribution in [2.24, 2.45) is 17.3 Å². The minimum absolute atomic E-state index is 0.240. The molecule has 0 radical (unpaired) electrons. The number of carbonyl (C=O) groups excluding carboxylic acids is 2. The summed E-state index contributed by atoms with van der Waals surface area (Å²) in [6.07, 6.45) is 1.40. The topological polar surface area (TPSA) is 104 Å². The number of aryl methyl sites for hydroxylation is 1. The van der Waals surface area contributed by atoms with Gasteiger partial charge in [-0.25, -0.2) is 5.48 Å². The van der Waals surface area contributed by atoms with Crippen LogP contribution < -0.4 is 5.48 Å². The molecule has 0 bridgehead atoms. The molecule has 0 saturated heterocycles. The number of aliphatic carboxylic acids is 1. The summed E-state index contributed by atoms with van der Waals surface area (Å²) in [5.41, 5.74) is 1.79. The van der Waals surface area contributed by atoms with E-state index in [1.807, 2.05) is 12.1 Å². The minimum atomic E-state index is -1.21. The van der Waals surface area contributed by atoms with Crippen LogP contribution in [-0.2, 0) is 20.8 Å². The lowest BCUT2D eigenvalue weighted by atomic mass is 9.73. The van der Waals surface area contributed by atoms with Crippen LogP contribution in [0.25, 0.3) is 0 Å². The van der Waals surface area contributed by atoms with E-state index in [2.05, 4.69) is 0 Å². The first kappa shape index (κ1) is 22.1. The second-order valence-corrected chi connectivity index (χ2v) is 7.93. The van der Waals surface area contributed by atoms with Gasteiger partial charge in [-0.15, -0.1) is 0 Å². The molecule has 0 aliphatic carbocycles. The van der Waals surface area contributed by atoms with Gasteiger partial charge in [0.1, 0.15) is 5.92 Å². The molecular formula is C19H26ClNO5. The summed E-state index contributed by atoms with van der Waals surface area (Å²) in [6.45, 7) is 5.04. The van der Waals surface area contributed by atoms with Crippen LogP contribution in [0.1, 0.15) is 45.6 Å². The van der Waals surface area contributed by atoms with E-state index >= 15 is 0 Å². The molecule has 3 N–H and O–H groups in total. The Morgan fingerprint density at radius 2 is 1.73 bits per heavy atom. The maximum atomic E-state index is 12.8. The summed E-state index contributed by atoms with van der Waals surface area (Å²) in [4.78, 5) is 36.0. The Morgan fingerprint density at radius 3 is 2.19 bits per heavy atom. The summed E-state index contributed by atoms with van der Waals surface area (Å²) in [5, 5.41) is 18.9. The predicted octanol–water partition coefficient (Wildman–Crippen LogP) is 3.49. The first-order valence-electron chi connectivity index (χ1n) is 8.50. The molecule has 0 unspecified atom stereocenters. The Morgan fingerprint density at radius 1 is 1.15 bits per heavy atom. The fourth-order valence-electron chi connectivity index (χ4n) is 2.97. The van der Waals surface area contributed by atoms with Crippen molar-refractivity contribution in [3.05, 3.63) is 34.9 Å². The largest absolute Gasteiger partial charge is 0.481 e. The number of nitrogens with one attached hydrogen (secondary N) is 1. The van der Waals surface area contributed by atoms with Gasteiger partial charge in [0.25, 0.3) is 0 Å². The molecule has 0 aromatic heterocycles. The van der Waals surface area contributed by atoms with Crippen molar-refractivity contribution in [1.29, 1.82) is 0 Å². The second-order valence-electron chi connectivity index (χ2n) is 7.49. The zero-order valence-electron chi connectivity index (χ0n) is 15.3. The first-order valence-corrected chi connectivity index (χ1v) is 8.88. The van der Waals surface area contributed by atoms with Crippen LogP contribution in [0.3, 0.4) is 0 Å². The van der Waals surface area contributed by atoms with Gasteiger partial charge in [-0.05, 0) is 42.4 Å². The molecule has 1 aromatic carbocycles. The molecule has 26 heavy (non-hydrogen) atoms. The highest BCUT2D eigenvalue weighted by atomic mass is 35.5. The molecule has 7 heteroatoms. The number of carboxylic acids is 1. The van der Waals surface area contributed by atoms with Crippen molar-refractivity contribution in [3.63, 3.8) is 0 Å². The van der Waals surface area contributed by atoms with E-state index in [-0.39, 0.29) is 6.42 Å². The molecule has 0 saturated carbocycles. The van der Waals surface area contributed by atoms with Gasteiger partial charge in [-0.1, -0.05) is 44.5 Å². The van der Waals surface area contributed by atoms with Crippen molar-refractivity contribution in [2.45, 2.75) is 46.5 Å². The number of carboxylic acid groups (broad SMARTS) is 1. The van der Waals surface area contributed by atoms with Crippen LogP contribution in [-0.4, -0.2) is 28.0 Å². The summed E-state index contributed by atoms with van der Waals surface area (Å²) < 4.78 is 0. The van der Waals surface area contributed by atoms with Crippen LogP contribution in [0, 0.1) is 17.3 Å². The van der Waals surface area contributed by atoms with Gasteiger partial charge in [-0.2, -0.15) is 0 Å². The van der Waals surface area contributed by atoms with Crippen molar-refractivity contribution in [2.75, 3.05) is 0 Å². The molecule has 0 heterocycles. The van der Waals surface area contributed by atoms with Gasteiger partial charge in [-0.3, -0.25) is 19.6 Å². The summed E-state index contributed by atoms with van der Waals surface area (Å²) in [7, 11) is 0. The molecule has 0 aliphatic rings. The van der Waals surface area contributed by atoms with Gasteiger partial charge in [0, 0.05) is 17.4 Å². The molecule has 1 aromatic rings. The van der Waals surface area contributed by atoms with Crippen LogP contribution in [0.15, 0.2) is 24.3 Å². The van der Waals surface area contributed by atoms with E-state index in [1.165, 1.54) is 5.48 Å². The fraction of sp³-hybridized carbons (Fsp3) is 0.526. The number of benzene rings is 1. The number of rotatable bonds is 9. The lowest BCUT2D eigenvalue weighted by Gasteiger charge is -2.29. The Kier molecular flexibility index (Phi) is 8.24. The van der Waals surface area contributed by atoms with E-state index in [0.717, 1.165) is 5.56 Å². The summed E-state index contributed by atoms with van der Waals surface area (Å²) in [6, 6.07) is 7.32. The van der Waals surface area contributed by atoms with E-state index in [4.69, 9.17) is 16.8 Å². The summed E-state index contributed by atoms with van der Waals surface area (Å²) in [5.74, 6) is -4.36. The zero-order valence-corrected chi connectivity index (χ0v) is 16.0. The number of Topliss-reactive ketones (excluding diaryl/α,β-unsaturated/α-hetero) is 1. The monoisotopic (exact) mass is 383 g/mol. The average molecular weight is 384 g/mol. The highest BCUT2D eigenvalue weighted by molar-refractivity contribution is 6.30. The van der Waals surface area contributed by atoms with Gasteiger partial charge < -0.3 is 5.11 Å². The van der Waals surface area contributed by atoms with Gasteiger partial charge in [0.05, 0.1) is 0 Å². The van der Waals surface area contributed by atoms with Crippen molar-refractivity contribution in [1.82, 2.24) is 5.48 Å². The zero-order chi connectivity index (χ0) is 19.9. The smallest absolute Gasteiger partial charge is 0.314 e. The van der Waals surface area contributed by atoms with E-state index < -0.39 is 34.9 Å². The first-order chi connectivity index (χ1) is 12.1. The normalized spacial score (nSPS) is 13.7. The Bertz CT molecular complexity index is 636. The number of amides is 1. The highest BCUT2D eigenvalue weighted by Gasteiger charge is 2.41. The standard InChI is InChI=1S/C19H26ClNO5/c1-19(2,3)16(18(24)25)17(23)13(11-15(22)21-26)6-4-5-12-7-9-14(20)10-8-12/h7-10,13,16,26H,4-6,11H2,1-3H3,(H,21,22)(H,24,25)/t13-,16+/m1/s1. The third kappa shape index (κ3) is 6.77. The molecule has 1 rings (SSSR count). The third-order valence-electron chi connectivity index (χ3n) is 4.29. The number of hydroxylamine groups is 1. The molecule has 2 atom stereocenters. The minimum Gasteiger partial charge on any atom is -0.481 e. The van der Waals surface area contributed by atoms with Crippen LogP contribution in [0.5, 0.6) is 0 Å². The lowest BCUT2D eigenvalue weighted by Crippen LogP contribution is -2.40. The SMILES string of the molecule is CC(C)(C)[C@H](C(=O)O)C(=O)[C@H](CCCc1ccc(Cl)cc1)CC(=O)NO. The molecule has 0 spiro atoms. The van der Waals surface area contributed by atoms with Gasteiger partial charge >= 0.3 is 5.97 Å². The number of hydrogen-bond acceptors (Lipinski definition) is 4. The van der Waals surface area contributed by atoms with E-state index in [9.17, 15) is 19.5 Å². The number of hydrogen-bond donors (Lipinski definition) is 3. The van der Waals surface area contributed by atoms with Crippen LogP contribution in [0.4, 0.5) is 0 Å². The molecule has 144 valence electrons. The number of carbonyl (C=O) groups is 3. The van der Waals surface area contributed by atoms with Crippen LogP contribution >= 0.6 is 11.6 Å². The van der Waals surface area contributed by atoms with Gasteiger partial charge in [0.2, 0.25) is 5.91 Å². The van der Waals surface area contributed by atoms with Crippen molar-refractivity contribution >= 4 is 29.3 Å². The van der Waals surface area contributed by atoms with E-state index in [0.29, 0.717) is 24.3 Å². The van der Waals surface area contributed by atoms with Crippen LogP contribution in [0.2, 0.25) is 5.02 Å². The molecule has 6 nitrogen and oxygen atoms in total. The molecule has 0 aliphatic heterocycles. The Labute approximate surface area is 158 Å². The molecular weight excluding hydrogens is 358 g/mol. The molecule has 1 amide bonds. The number of halogens is 1. The lowest BCUT2D eigenvalue weighted by molar-refractivity contribution is -0.153. The maximum Gasteiger partial charge on any atom is 0.314 e. The predicted molar refractivity (Wildman–Crippen MR) is 98.0 cm³/mol. The average Bonchev–Trinajstić information content (AvgIpc) is 2.53. The Hall–Kier alpha value is -1.92. The maximum absolute atomic E-state index is 12.8. The highest BCUT2D eigenvalue weighted by Crippen LogP contribution is 2.31. The van der Waals surface area contributed by atoms with Gasteiger partial charge in [0.15, 0.2) is 5.78 Å². The van der Waals surface area contributed by atoms with Crippen molar-refractivity contribution in [3.8, 4) is 0 Å². The van der Waals surface area contributed by atoms with Crippen molar-refractivity contribution < 1.29 is 24.7 Å². The summed E-state index contributed by atoms with van der Waals surface area (Å²) >= 11 is 5.85. The fourth-order valence-corrected chi connectivity index (χ4v) is 3.10.